The predicted octanol–water partition coefficient (Wildman–Crippen LogP) is 0.689. The normalized spacial score (nSPS) is 25.3. The molecule has 88 valence electrons. The molecule has 0 spiro atoms. The van der Waals surface area contributed by atoms with Crippen LogP contribution >= 0.6 is 0 Å². The van der Waals surface area contributed by atoms with Crippen molar-refractivity contribution in [3.05, 3.63) is 0 Å². The summed E-state index contributed by atoms with van der Waals surface area (Å²) in [5.41, 5.74) is -0.853. The highest BCUT2D eigenvalue weighted by atomic mass is 16.5. The third kappa shape index (κ3) is 3.47. The van der Waals surface area contributed by atoms with E-state index < -0.39 is 5.60 Å². The van der Waals surface area contributed by atoms with Crippen LogP contribution in [0.1, 0.15) is 33.6 Å². The molecule has 4 heteroatoms. The van der Waals surface area contributed by atoms with Gasteiger partial charge in [0.1, 0.15) is 6.10 Å². The van der Waals surface area contributed by atoms with E-state index in [9.17, 15) is 9.90 Å². The molecule has 2 N–H and O–H groups in total. The second-order valence-corrected chi connectivity index (χ2v) is 4.73. The zero-order chi connectivity index (χ0) is 11.5. The van der Waals surface area contributed by atoms with Crippen molar-refractivity contribution in [1.29, 1.82) is 0 Å². The van der Waals surface area contributed by atoms with Crippen LogP contribution in [0.5, 0.6) is 0 Å². The Labute approximate surface area is 91.0 Å². The van der Waals surface area contributed by atoms with Gasteiger partial charge in [0, 0.05) is 13.2 Å². The Hall–Kier alpha value is -0.610. The van der Waals surface area contributed by atoms with Crippen molar-refractivity contribution in [2.75, 3.05) is 13.2 Å². The molecule has 4 nitrogen and oxygen atoms in total. The van der Waals surface area contributed by atoms with Crippen molar-refractivity contribution in [2.24, 2.45) is 5.92 Å². The molecule has 0 aromatic carbocycles. The van der Waals surface area contributed by atoms with Gasteiger partial charge in [-0.3, -0.25) is 4.79 Å². The highest BCUT2D eigenvalue weighted by molar-refractivity contribution is 5.81. The molecule has 1 heterocycles. The van der Waals surface area contributed by atoms with Crippen molar-refractivity contribution in [3.8, 4) is 0 Å². The minimum absolute atomic E-state index is 0.103. The van der Waals surface area contributed by atoms with Gasteiger partial charge in [-0.1, -0.05) is 13.8 Å². The van der Waals surface area contributed by atoms with Gasteiger partial charge in [-0.05, 0) is 25.7 Å². The fourth-order valence-corrected chi connectivity index (χ4v) is 1.37. The Balaban J connectivity index is 2.33. The van der Waals surface area contributed by atoms with E-state index in [4.69, 9.17) is 4.74 Å². The summed E-state index contributed by atoms with van der Waals surface area (Å²) in [5.74, 6) is 0.00993. The Morgan fingerprint density at radius 2 is 2.33 bits per heavy atom. The molecule has 0 aromatic rings. The molecule has 2 unspecified atom stereocenters. The minimum atomic E-state index is -0.853. The molecule has 1 aliphatic rings. The summed E-state index contributed by atoms with van der Waals surface area (Å²) in [5, 5.41) is 12.7. The summed E-state index contributed by atoms with van der Waals surface area (Å²) in [6.45, 7) is 6.53. The number of nitrogens with one attached hydrogen (secondary N) is 1. The fraction of sp³-hybridized carbons (Fsp3) is 0.909. The molecule has 0 aromatic heterocycles. The quantitative estimate of drug-likeness (QED) is 0.725. The summed E-state index contributed by atoms with van der Waals surface area (Å²) in [6.07, 6.45) is 1.42. The molecule has 0 radical (unpaired) electrons. The summed E-state index contributed by atoms with van der Waals surface area (Å²) in [6, 6.07) is 0. The molecule has 2 atom stereocenters. The lowest BCUT2D eigenvalue weighted by Crippen LogP contribution is -2.46. The van der Waals surface area contributed by atoms with E-state index in [1.807, 2.05) is 13.8 Å². The first-order chi connectivity index (χ1) is 6.93. The van der Waals surface area contributed by atoms with Crippen molar-refractivity contribution in [2.45, 2.75) is 45.3 Å². The van der Waals surface area contributed by atoms with E-state index in [1.54, 1.807) is 6.92 Å². The zero-order valence-corrected chi connectivity index (χ0v) is 9.75. The molecule has 1 aliphatic heterocycles. The van der Waals surface area contributed by atoms with Gasteiger partial charge < -0.3 is 15.2 Å². The summed E-state index contributed by atoms with van der Waals surface area (Å²) in [4.78, 5) is 11.6. The largest absolute Gasteiger partial charge is 0.388 e. The summed E-state index contributed by atoms with van der Waals surface area (Å²) < 4.78 is 5.25. The number of amides is 1. The number of ether oxygens (including phenoxy) is 1. The molecule has 0 saturated carbocycles. The summed E-state index contributed by atoms with van der Waals surface area (Å²) in [7, 11) is 0. The molecule has 1 rings (SSSR count). The number of aliphatic hydroxyl groups is 1. The van der Waals surface area contributed by atoms with Crippen molar-refractivity contribution >= 4 is 5.91 Å². The maximum Gasteiger partial charge on any atom is 0.249 e. The van der Waals surface area contributed by atoms with Crippen LogP contribution in [0.25, 0.3) is 0 Å². The number of hydrogen-bond acceptors (Lipinski definition) is 3. The Kier molecular flexibility index (Phi) is 4.11. The monoisotopic (exact) mass is 215 g/mol. The lowest BCUT2D eigenvalue weighted by Gasteiger charge is -2.28. The van der Waals surface area contributed by atoms with Gasteiger partial charge in [-0.25, -0.2) is 0 Å². The molecular formula is C11H21NO3. The summed E-state index contributed by atoms with van der Waals surface area (Å²) >= 11 is 0. The molecule has 1 fully saturated rings. The lowest BCUT2D eigenvalue weighted by molar-refractivity contribution is -0.131. The van der Waals surface area contributed by atoms with Gasteiger partial charge >= 0.3 is 0 Å². The minimum Gasteiger partial charge on any atom is -0.388 e. The van der Waals surface area contributed by atoms with Crippen molar-refractivity contribution in [3.63, 3.8) is 0 Å². The first-order valence-electron chi connectivity index (χ1n) is 5.55. The molecule has 0 aliphatic carbocycles. The van der Waals surface area contributed by atoms with E-state index in [-0.39, 0.29) is 24.5 Å². The van der Waals surface area contributed by atoms with Crippen LogP contribution in [0.3, 0.4) is 0 Å². The van der Waals surface area contributed by atoms with E-state index in [2.05, 4.69) is 5.32 Å². The smallest absolute Gasteiger partial charge is 0.249 e. The maximum absolute atomic E-state index is 11.6. The maximum atomic E-state index is 11.6. The van der Waals surface area contributed by atoms with Crippen LogP contribution in [-0.2, 0) is 9.53 Å². The van der Waals surface area contributed by atoms with Gasteiger partial charge in [0.2, 0.25) is 5.91 Å². The second kappa shape index (κ2) is 4.94. The third-order valence-electron chi connectivity index (χ3n) is 3.09. The number of carbonyl (C=O) groups is 1. The van der Waals surface area contributed by atoms with E-state index in [0.29, 0.717) is 6.61 Å². The average Bonchev–Trinajstić information content (AvgIpc) is 2.66. The SMILES string of the molecule is CC(C)C(C)(O)CNC(=O)C1CCCO1. The zero-order valence-electron chi connectivity index (χ0n) is 9.75. The van der Waals surface area contributed by atoms with Gasteiger partial charge in [0.05, 0.1) is 5.60 Å². The molecule has 15 heavy (non-hydrogen) atoms. The predicted molar refractivity (Wildman–Crippen MR) is 57.4 cm³/mol. The van der Waals surface area contributed by atoms with Crippen LogP contribution in [0.2, 0.25) is 0 Å². The fourth-order valence-electron chi connectivity index (χ4n) is 1.37. The number of rotatable bonds is 4. The van der Waals surface area contributed by atoms with Gasteiger partial charge in [-0.15, -0.1) is 0 Å². The Morgan fingerprint density at radius 1 is 1.67 bits per heavy atom. The topological polar surface area (TPSA) is 58.6 Å². The molecule has 0 bridgehead atoms. The molecule has 1 amide bonds. The molecular weight excluding hydrogens is 194 g/mol. The van der Waals surface area contributed by atoms with E-state index in [0.717, 1.165) is 12.8 Å². The lowest BCUT2D eigenvalue weighted by atomic mass is 9.92. The van der Waals surface area contributed by atoms with E-state index >= 15 is 0 Å². The number of hydrogen-bond donors (Lipinski definition) is 2. The molecule has 1 saturated heterocycles. The van der Waals surface area contributed by atoms with Crippen LogP contribution in [0.15, 0.2) is 0 Å². The first-order valence-corrected chi connectivity index (χ1v) is 5.55. The van der Waals surface area contributed by atoms with Gasteiger partial charge in [-0.2, -0.15) is 0 Å². The van der Waals surface area contributed by atoms with E-state index in [1.165, 1.54) is 0 Å². The van der Waals surface area contributed by atoms with Crippen LogP contribution in [0.4, 0.5) is 0 Å². The van der Waals surface area contributed by atoms with Crippen LogP contribution < -0.4 is 5.32 Å². The Morgan fingerprint density at radius 3 is 2.80 bits per heavy atom. The van der Waals surface area contributed by atoms with Crippen LogP contribution in [-0.4, -0.2) is 35.9 Å². The standard InChI is InChI=1S/C11H21NO3/c1-8(2)11(3,14)7-12-10(13)9-5-4-6-15-9/h8-9,14H,4-7H2,1-3H3,(H,12,13). The first kappa shape index (κ1) is 12.5. The highest BCUT2D eigenvalue weighted by Crippen LogP contribution is 2.16. The highest BCUT2D eigenvalue weighted by Gasteiger charge is 2.28. The third-order valence-corrected chi connectivity index (χ3v) is 3.09. The number of carbonyl (C=O) groups excluding carboxylic acids is 1. The van der Waals surface area contributed by atoms with Crippen molar-refractivity contribution < 1.29 is 14.6 Å². The van der Waals surface area contributed by atoms with Gasteiger partial charge in [0.25, 0.3) is 0 Å². The van der Waals surface area contributed by atoms with Crippen LogP contribution in [0, 0.1) is 5.92 Å². The van der Waals surface area contributed by atoms with Gasteiger partial charge in [0.15, 0.2) is 0 Å². The average molecular weight is 215 g/mol. The Bertz CT molecular complexity index is 220. The van der Waals surface area contributed by atoms with Crippen molar-refractivity contribution in [1.82, 2.24) is 5.32 Å². The second-order valence-electron chi connectivity index (χ2n) is 4.73.